The number of amides is 2. The van der Waals surface area contributed by atoms with Gasteiger partial charge in [0.15, 0.2) is 0 Å². The second-order valence-corrected chi connectivity index (χ2v) is 7.35. The lowest BCUT2D eigenvalue weighted by molar-refractivity contribution is -0.119. The van der Waals surface area contributed by atoms with Crippen LogP contribution in [0.25, 0.3) is 0 Å². The highest BCUT2D eigenvalue weighted by Crippen LogP contribution is 2.16. The molecule has 2 aromatic carbocycles. The van der Waals surface area contributed by atoms with E-state index in [9.17, 15) is 9.59 Å². The number of carbonyl (C=O) groups is 2. The molecule has 2 atom stereocenters. The van der Waals surface area contributed by atoms with Crippen molar-refractivity contribution in [1.29, 1.82) is 0 Å². The number of hydrogen-bond donors (Lipinski definition) is 2. The van der Waals surface area contributed by atoms with Gasteiger partial charge >= 0.3 is 0 Å². The number of anilines is 1. The van der Waals surface area contributed by atoms with Crippen LogP contribution in [0.15, 0.2) is 54.6 Å². The molecule has 0 saturated heterocycles. The van der Waals surface area contributed by atoms with Gasteiger partial charge in [0.2, 0.25) is 5.91 Å². The standard InChI is InChI=1S/C24H33N3O2/c1-5-18(4)22(26-23(28)20-13-9-8-10-14-20)24(29)25-21-15-11-12-19(16-21)17-27(6-2)7-3/h8-16,18,22H,5-7,17H2,1-4H3,(H,25,29)(H,26,28). The lowest BCUT2D eigenvalue weighted by atomic mass is 9.97. The predicted octanol–water partition coefficient (Wildman–Crippen LogP) is 4.31. The maximum Gasteiger partial charge on any atom is 0.251 e. The van der Waals surface area contributed by atoms with E-state index in [1.54, 1.807) is 12.1 Å². The lowest BCUT2D eigenvalue weighted by Gasteiger charge is -2.24. The van der Waals surface area contributed by atoms with Crippen molar-refractivity contribution in [3.05, 3.63) is 65.7 Å². The van der Waals surface area contributed by atoms with Gasteiger partial charge in [-0.25, -0.2) is 0 Å². The largest absolute Gasteiger partial charge is 0.340 e. The first-order valence-electron chi connectivity index (χ1n) is 10.5. The number of nitrogens with zero attached hydrogens (tertiary/aromatic N) is 1. The quantitative estimate of drug-likeness (QED) is 0.630. The Morgan fingerprint density at radius 1 is 0.966 bits per heavy atom. The van der Waals surface area contributed by atoms with Crippen LogP contribution in [0.5, 0.6) is 0 Å². The van der Waals surface area contributed by atoms with Gasteiger partial charge in [-0.15, -0.1) is 0 Å². The first-order chi connectivity index (χ1) is 14.0. The van der Waals surface area contributed by atoms with Gasteiger partial charge in [0.1, 0.15) is 6.04 Å². The number of carbonyl (C=O) groups excluding carboxylic acids is 2. The second-order valence-electron chi connectivity index (χ2n) is 7.35. The van der Waals surface area contributed by atoms with Crippen LogP contribution in [0.1, 0.15) is 50.0 Å². The van der Waals surface area contributed by atoms with Gasteiger partial charge in [0, 0.05) is 17.8 Å². The van der Waals surface area contributed by atoms with Gasteiger partial charge in [0.05, 0.1) is 0 Å². The van der Waals surface area contributed by atoms with E-state index >= 15 is 0 Å². The highest BCUT2D eigenvalue weighted by molar-refractivity contribution is 6.01. The molecule has 0 aliphatic heterocycles. The van der Waals surface area contributed by atoms with Crippen LogP contribution in [0.2, 0.25) is 0 Å². The molecule has 0 aliphatic rings. The highest BCUT2D eigenvalue weighted by Gasteiger charge is 2.26. The summed E-state index contributed by atoms with van der Waals surface area (Å²) in [6, 6.07) is 16.3. The molecule has 156 valence electrons. The Morgan fingerprint density at radius 3 is 2.28 bits per heavy atom. The number of hydrogen-bond acceptors (Lipinski definition) is 3. The zero-order chi connectivity index (χ0) is 21.2. The van der Waals surface area contributed by atoms with Crippen LogP contribution >= 0.6 is 0 Å². The second kappa shape index (κ2) is 11.4. The smallest absolute Gasteiger partial charge is 0.251 e. The minimum Gasteiger partial charge on any atom is -0.340 e. The summed E-state index contributed by atoms with van der Waals surface area (Å²) in [7, 11) is 0. The summed E-state index contributed by atoms with van der Waals surface area (Å²) in [6.45, 7) is 11.1. The van der Waals surface area contributed by atoms with Gasteiger partial charge in [-0.1, -0.05) is 64.4 Å². The van der Waals surface area contributed by atoms with Crippen LogP contribution in [-0.2, 0) is 11.3 Å². The van der Waals surface area contributed by atoms with Crippen molar-refractivity contribution < 1.29 is 9.59 Å². The van der Waals surface area contributed by atoms with E-state index in [1.807, 2.05) is 50.2 Å². The SMILES string of the molecule is CCC(C)C(NC(=O)c1ccccc1)C(=O)Nc1cccc(CN(CC)CC)c1. The number of nitrogens with one attached hydrogen (secondary N) is 2. The molecule has 0 bridgehead atoms. The lowest BCUT2D eigenvalue weighted by Crippen LogP contribution is -2.47. The molecule has 2 unspecified atom stereocenters. The van der Waals surface area contributed by atoms with E-state index in [-0.39, 0.29) is 17.7 Å². The van der Waals surface area contributed by atoms with Crippen LogP contribution in [-0.4, -0.2) is 35.8 Å². The van der Waals surface area contributed by atoms with Gasteiger partial charge in [-0.05, 0) is 48.8 Å². The van der Waals surface area contributed by atoms with Crippen molar-refractivity contribution in [2.24, 2.45) is 5.92 Å². The summed E-state index contributed by atoms with van der Waals surface area (Å²) in [5.74, 6) is -0.411. The third-order valence-electron chi connectivity index (χ3n) is 5.31. The number of rotatable bonds is 10. The average molecular weight is 396 g/mol. The molecule has 0 radical (unpaired) electrons. The average Bonchev–Trinajstić information content (AvgIpc) is 2.75. The minimum absolute atomic E-state index is 0.0153. The molecule has 0 spiro atoms. The Morgan fingerprint density at radius 2 is 1.66 bits per heavy atom. The number of benzene rings is 2. The molecule has 0 fully saturated rings. The summed E-state index contributed by atoms with van der Waals surface area (Å²) >= 11 is 0. The van der Waals surface area contributed by atoms with Crippen molar-refractivity contribution in [2.45, 2.75) is 46.7 Å². The first-order valence-corrected chi connectivity index (χ1v) is 10.5. The van der Waals surface area contributed by atoms with Crippen LogP contribution < -0.4 is 10.6 Å². The maximum absolute atomic E-state index is 13.0. The van der Waals surface area contributed by atoms with Crippen LogP contribution in [0.3, 0.4) is 0 Å². The Kier molecular flexibility index (Phi) is 8.87. The minimum atomic E-state index is -0.598. The molecule has 2 N–H and O–H groups in total. The normalized spacial score (nSPS) is 13.0. The van der Waals surface area contributed by atoms with Crippen molar-refractivity contribution >= 4 is 17.5 Å². The van der Waals surface area contributed by atoms with E-state index in [1.165, 1.54) is 0 Å². The molecule has 29 heavy (non-hydrogen) atoms. The first kappa shape index (κ1) is 22.6. The van der Waals surface area contributed by atoms with Crippen LogP contribution in [0.4, 0.5) is 5.69 Å². The third-order valence-corrected chi connectivity index (χ3v) is 5.31. The van der Waals surface area contributed by atoms with Gasteiger partial charge in [-0.3, -0.25) is 14.5 Å². The summed E-state index contributed by atoms with van der Waals surface area (Å²) in [6.07, 6.45) is 0.787. The van der Waals surface area contributed by atoms with E-state index in [2.05, 4.69) is 35.4 Å². The summed E-state index contributed by atoms with van der Waals surface area (Å²) in [5, 5.41) is 5.90. The molecule has 5 heteroatoms. The highest BCUT2D eigenvalue weighted by atomic mass is 16.2. The fourth-order valence-electron chi connectivity index (χ4n) is 3.19. The van der Waals surface area contributed by atoms with E-state index in [0.717, 1.165) is 37.3 Å². The van der Waals surface area contributed by atoms with Crippen molar-refractivity contribution in [3.63, 3.8) is 0 Å². The van der Waals surface area contributed by atoms with E-state index in [4.69, 9.17) is 0 Å². The van der Waals surface area contributed by atoms with Crippen LogP contribution in [0, 0.1) is 5.92 Å². The van der Waals surface area contributed by atoms with Crippen molar-refractivity contribution in [2.75, 3.05) is 18.4 Å². The Bertz CT molecular complexity index is 788. The molecule has 2 amide bonds. The zero-order valence-corrected chi connectivity index (χ0v) is 17.9. The molecule has 0 saturated carbocycles. The van der Waals surface area contributed by atoms with Crippen molar-refractivity contribution in [3.8, 4) is 0 Å². The summed E-state index contributed by atoms with van der Waals surface area (Å²) in [5.41, 5.74) is 2.46. The van der Waals surface area contributed by atoms with E-state index in [0.29, 0.717) is 5.56 Å². The third kappa shape index (κ3) is 6.71. The zero-order valence-electron chi connectivity index (χ0n) is 17.9. The summed E-state index contributed by atoms with van der Waals surface area (Å²) in [4.78, 5) is 27.9. The van der Waals surface area contributed by atoms with Gasteiger partial charge in [0.25, 0.3) is 5.91 Å². The molecule has 5 nitrogen and oxygen atoms in total. The van der Waals surface area contributed by atoms with E-state index < -0.39 is 6.04 Å². The molecule has 0 aromatic heterocycles. The van der Waals surface area contributed by atoms with Crippen molar-refractivity contribution in [1.82, 2.24) is 10.2 Å². The topological polar surface area (TPSA) is 61.4 Å². The fraction of sp³-hybridized carbons (Fsp3) is 0.417. The maximum atomic E-state index is 13.0. The van der Waals surface area contributed by atoms with Gasteiger partial charge in [-0.2, -0.15) is 0 Å². The fourth-order valence-corrected chi connectivity index (χ4v) is 3.19. The predicted molar refractivity (Wildman–Crippen MR) is 119 cm³/mol. The molecular weight excluding hydrogens is 362 g/mol. The Hall–Kier alpha value is -2.66. The molecule has 2 rings (SSSR count). The molecule has 0 aliphatic carbocycles. The Labute approximate surface area is 174 Å². The molecular formula is C24H33N3O2. The Balaban J connectivity index is 2.11. The van der Waals surface area contributed by atoms with Gasteiger partial charge < -0.3 is 10.6 Å². The summed E-state index contributed by atoms with van der Waals surface area (Å²) < 4.78 is 0. The molecule has 2 aromatic rings. The molecule has 0 heterocycles. The monoisotopic (exact) mass is 395 g/mol.